The maximum Gasteiger partial charge on any atom is 0.287 e. The molecule has 2 N–H and O–H groups in total. The number of aromatic amines is 2. The molecule has 0 bridgehead atoms. The van der Waals surface area contributed by atoms with Gasteiger partial charge in [-0.3, -0.25) is 30.4 Å². The van der Waals surface area contributed by atoms with Gasteiger partial charge in [-0.25, -0.2) is 0 Å². The second-order valence-electron chi connectivity index (χ2n) is 5.78. The molecule has 0 fully saturated rings. The van der Waals surface area contributed by atoms with Crippen LogP contribution in [0.2, 0.25) is 0 Å². The quantitative estimate of drug-likeness (QED) is 0.276. The van der Waals surface area contributed by atoms with Crippen LogP contribution in [-0.2, 0) is 0 Å². The van der Waals surface area contributed by atoms with Gasteiger partial charge in [-0.05, 0) is 0 Å². The molecule has 0 saturated carbocycles. The zero-order valence-electron chi connectivity index (χ0n) is 14.8. The third-order valence-corrected chi connectivity index (χ3v) is 3.84. The van der Waals surface area contributed by atoms with Crippen LogP contribution in [-0.4, -0.2) is 40.2 Å². The van der Waals surface area contributed by atoms with E-state index >= 15 is 0 Å². The highest BCUT2D eigenvalue weighted by Crippen LogP contribution is 2.24. The maximum atomic E-state index is 10.9. The molecule has 30 heavy (non-hydrogen) atoms. The zero-order chi connectivity index (χ0) is 21.1. The van der Waals surface area contributed by atoms with Crippen LogP contribution in [0.5, 0.6) is 0 Å². The van der Waals surface area contributed by atoms with Gasteiger partial charge in [0.2, 0.25) is 0 Å². The Morgan fingerprint density at radius 1 is 0.733 bits per heavy atom. The summed E-state index contributed by atoms with van der Waals surface area (Å²) >= 11 is 0. The van der Waals surface area contributed by atoms with Crippen LogP contribution < -0.4 is 0 Å². The van der Waals surface area contributed by atoms with E-state index in [1.807, 2.05) is 0 Å². The second kappa shape index (κ2) is 7.63. The predicted molar refractivity (Wildman–Crippen MR) is 101 cm³/mol. The van der Waals surface area contributed by atoms with E-state index in [9.17, 15) is 20.2 Å². The molecule has 14 nitrogen and oxygen atoms in total. The Kier molecular flexibility index (Phi) is 4.70. The number of non-ortho nitro benzene ring substituents is 2. The molecule has 0 aliphatic heterocycles. The molecule has 2 heterocycles. The SMILES string of the molecule is O=[N+]([O-])c1cccc(-c2nc(N=Nc3n[nH]c(-c4cccc([N+](=O)[O-])c4)n3)n[nH]2)c1. The van der Waals surface area contributed by atoms with E-state index in [1.165, 1.54) is 36.4 Å². The number of nitrogens with zero attached hydrogens (tertiary/aromatic N) is 8. The molecule has 0 saturated heterocycles. The van der Waals surface area contributed by atoms with Crippen molar-refractivity contribution in [2.45, 2.75) is 0 Å². The van der Waals surface area contributed by atoms with Gasteiger partial charge in [0, 0.05) is 35.4 Å². The van der Waals surface area contributed by atoms with Crippen molar-refractivity contribution in [3.05, 3.63) is 68.8 Å². The first-order chi connectivity index (χ1) is 14.5. The van der Waals surface area contributed by atoms with Crippen LogP contribution >= 0.6 is 0 Å². The Hall–Kier alpha value is -4.88. The fourth-order valence-electron chi connectivity index (χ4n) is 2.48. The Labute approximate surface area is 166 Å². The molecule has 2 aromatic heterocycles. The van der Waals surface area contributed by atoms with Crippen molar-refractivity contribution < 1.29 is 9.85 Å². The molecule has 0 radical (unpaired) electrons. The van der Waals surface area contributed by atoms with E-state index in [2.05, 4.69) is 40.6 Å². The van der Waals surface area contributed by atoms with Gasteiger partial charge in [0.1, 0.15) is 0 Å². The third kappa shape index (κ3) is 3.86. The van der Waals surface area contributed by atoms with Crippen LogP contribution in [0.15, 0.2) is 58.8 Å². The van der Waals surface area contributed by atoms with Gasteiger partial charge in [0.15, 0.2) is 11.6 Å². The number of nitro groups is 2. The normalized spacial score (nSPS) is 11.1. The highest BCUT2D eigenvalue weighted by atomic mass is 16.6. The average Bonchev–Trinajstić information content (AvgIpc) is 3.42. The lowest BCUT2D eigenvalue weighted by atomic mass is 10.2. The van der Waals surface area contributed by atoms with Crippen LogP contribution in [0.4, 0.5) is 23.3 Å². The van der Waals surface area contributed by atoms with Gasteiger partial charge in [0.25, 0.3) is 23.3 Å². The molecular formula is C16H10N10O4. The number of nitrogens with one attached hydrogen (secondary N) is 2. The van der Waals surface area contributed by atoms with Crippen molar-refractivity contribution in [2.24, 2.45) is 10.2 Å². The summed E-state index contributed by atoms with van der Waals surface area (Å²) < 4.78 is 0. The van der Waals surface area contributed by atoms with Crippen molar-refractivity contribution in [1.29, 1.82) is 0 Å². The summed E-state index contributed by atoms with van der Waals surface area (Å²) in [6.07, 6.45) is 0. The van der Waals surface area contributed by atoms with Crippen LogP contribution in [0.3, 0.4) is 0 Å². The Balaban J connectivity index is 1.52. The fourth-order valence-corrected chi connectivity index (χ4v) is 2.48. The second-order valence-corrected chi connectivity index (χ2v) is 5.78. The summed E-state index contributed by atoms with van der Waals surface area (Å²) in [6, 6.07) is 11.7. The molecule has 0 aliphatic rings. The molecular weight excluding hydrogens is 396 g/mol. The van der Waals surface area contributed by atoms with Crippen molar-refractivity contribution >= 4 is 23.3 Å². The van der Waals surface area contributed by atoms with Gasteiger partial charge in [0.05, 0.1) is 9.85 Å². The monoisotopic (exact) mass is 406 g/mol. The van der Waals surface area contributed by atoms with E-state index in [0.29, 0.717) is 11.1 Å². The minimum absolute atomic E-state index is 0.0294. The molecule has 0 unspecified atom stereocenters. The fraction of sp³-hybridized carbons (Fsp3) is 0. The average molecular weight is 406 g/mol. The number of azo groups is 1. The first kappa shape index (κ1) is 18.5. The van der Waals surface area contributed by atoms with Crippen molar-refractivity contribution in [3.63, 3.8) is 0 Å². The van der Waals surface area contributed by atoms with Gasteiger partial charge >= 0.3 is 0 Å². The van der Waals surface area contributed by atoms with Crippen molar-refractivity contribution in [2.75, 3.05) is 0 Å². The summed E-state index contributed by atoms with van der Waals surface area (Å²) in [5, 5.41) is 42.4. The molecule has 14 heteroatoms. The number of H-pyrrole nitrogens is 2. The highest BCUT2D eigenvalue weighted by Gasteiger charge is 2.12. The molecule has 0 amide bonds. The zero-order valence-corrected chi connectivity index (χ0v) is 14.8. The number of aromatic nitrogens is 6. The predicted octanol–water partition coefficient (Wildman–Crippen LogP) is 3.49. The van der Waals surface area contributed by atoms with E-state index in [-0.39, 0.29) is 34.9 Å². The van der Waals surface area contributed by atoms with Crippen LogP contribution in [0, 0.1) is 20.2 Å². The summed E-state index contributed by atoms with van der Waals surface area (Å²) in [5.41, 5.74) is 0.760. The minimum Gasteiger partial charge on any atom is -0.258 e. The highest BCUT2D eigenvalue weighted by molar-refractivity contribution is 5.60. The van der Waals surface area contributed by atoms with Crippen LogP contribution in [0.1, 0.15) is 0 Å². The van der Waals surface area contributed by atoms with Crippen molar-refractivity contribution in [3.8, 4) is 22.8 Å². The van der Waals surface area contributed by atoms with E-state index in [0.717, 1.165) is 0 Å². The summed E-state index contributed by atoms with van der Waals surface area (Å²) in [6.45, 7) is 0. The summed E-state index contributed by atoms with van der Waals surface area (Å²) in [5.74, 6) is 0.497. The van der Waals surface area contributed by atoms with Crippen molar-refractivity contribution in [1.82, 2.24) is 30.4 Å². The molecule has 4 aromatic rings. The van der Waals surface area contributed by atoms with Gasteiger partial charge in [-0.2, -0.15) is 9.97 Å². The lowest BCUT2D eigenvalue weighted by Crippen LogP contribution is -1.88. The first-order valence-electron chi connectivity index (χ1n) is 8.26. The Morgan fingerprint density at radius 2 is 1.17 bits per heavy atom. The number of hydrogen-bond acceptors (Lipinski definition) is 10. The minimum atomic E-state index is -0.511. The number of hydrogen-bond donors (Lipinski definition) is 2. The Bertz CT molecular complexity index is 1180. The number of benzene rings is 2. The van der Waals surface area contributed by atoms with Gasteiger partial charge < -0.3 is 0 Å². The lowest BCUT2D eigenvalue weighted by Gasteiger charge is -1.95. The topological polar surface area (TPSA) is 194 Å². The number of rotatable bonds is 6. The van der Waals surface area contributed by atoms with E-state index in [4.69, 9.17) is 0 Å². The molecule has 0 atom stereocenters. The van der Waals surface area contributed by atoms with E-state index < -0.39 is 9.85 Å². The molecule has 0 spiro atoms. The lowest BCUT2D eigenvalue weighted by molar-refractivity contribution is -0.385. The van der Waals surface area contributed by atoms with Gasteiger partial charge in [-0.1, -0.05) is 24.3 Å². The molecule has 148 valence electrons. The third-order valence-electron chi connectivity index (χ3n) is 3.84. The molecule has 4 rings (SSSR count). The smallest absolute Gasteiger partial charge is 0.258 e. The Morgan fingerprint density at radius 3 is 1.57 bits per heavy atom. The maximum absolute atomic E-state index is 10.9. The standard InChI is InChI=1S/C16H10N10O4/c27-25(28)11-5-1-3-9(7-11)13-17-15(21-19-13)23-24-16-18-14(20-22-16)10-4-2-6-12(8-10)26(29)30/h1-8H,(H,17,19,21)(H,18,20,22). The van der Waals surface area contributed by atoms with Crippen LogP contribution in [0.25, 0.3) is 22.8 Å². The summed E-state index contributed by atoms with van der Waals surface area (Å²) in [7, 11) is 0. The van der Waals surface area contributed by atoms with Gasteiger partial charge in [-0.15, -0.1) is 20.4 Å². The molecule has 0 aliphatic carbocycles. The summed E-state index contributed by atoms with van der Waals surface area (Å²) in [4.78, 5) is 28.9. The first-order valence-corrected chi connectivity index (χ1v) is 8.26. The largest absolute Gasteiger partial charge is 0.287 e. The van der Waals surface area contributed by atoms with E-state index in [1.54, 1.807) is 12.1 Å². The number of nitro benzene ring substituents is 2. The molecule has 2 aromatic carbocycles.